The molecular formula is C9H20N2P2. The lowest BCUT2D eigenvalue weighted by molar-refractivity contribution is 0.240. The van der Waals surface area contributed by atoms with Gasteiger partial charge in [-0.05, 0) is 18.3 Å². The van der Waals surface area contributed by atoms with E-state index in [0.29, 0.717) is 0 Å². The number of nitriles is 1. The highest BCUT2D eigenvalue weighted by molar-refractivity contribution is 7.37. The molecule has 0 rings (SSSR count). The van der Waals surface area contributed by atoms with Gasteiger partial charge >= 0.3 is 0 Å². The molecule has 0 radical (unpaired) electrons. The lowest BCUT2D eigenvalue weighted by atomic mass is 9.78. The molecule has 4 heteroatoms. The van der Waals surface area contributed by atoms with E-state index >= 15 is 0 Å². The van der Waals surface area contributed by atoms with Crippen molar-refractivity contribution in [2.45, 2.75) is 45.2 Å². The average Bonchev–Trinajstić information content (AvgIpc) is 2.12. The monoisotopic (exact) mass is 218 g/mol. The van der Waals surface area contributed by atoms with Gasteiger partial charge in [0, 0.05) is 5.52 Å². The van der Waals surface area contributed by atoms with Crippen molar-refractivity contribution < 1.29 is 0 Å². The first-order valence-corrected chi connectivity index (χ1v) is 6.00. The third-order valence-corrected chi connectivity index (χ3v) is 3.19. The Hall–Kier alpha value is 0.310. The standard InChI is InChI=1S/C9H20N2P2/c1-4-9(3,5-2)7(6-10)11-8(12)13/h7-8,11H,4-5,12-13H2,1-3H3/t7-/m0/s1. The number of rotatable bonds is 5. The third-order valence-electron chi connectivity index (χ3n) is 2.80. The van der Waals surface area contributed by atoms with E-state index < -0.39 is 0 Å². The molecule has 0 fully saturated rings. The van der Waals surface area contributed by atoms with Gasteiger partial charge in [0.2, 0.25) is 0 Å². The summed E-state index contributed by atoms with van der Waals surface area (Å²) in [5.41, 5.74) is 0.294. The second-order valence-corrected chi connectivity index (χ2v) is 5.82. The second-order valence-electron chi connectivity index (χ2n) is 3.62. The molecule has 0 saturated heterocycles. The lowest BCUT2D eigenvalue weighted by Crippen LogP contribution is -2.43. The summed E-state index contributed by atoms with van der Waals surface area (Å²) in [7, 11) is 5.26. The third kappa shape index (κ3) is 3.90. The minimum absolute atomic E-state index is 0.0671. The van der Waals surface area contributed by atoms with Crippen molar-refractivity contribution in [3.8, 4) is 6.07 Å². The summed E-state index contributed by atoms with van der Waals surface area (Å²) < 4.78 is 0. The maximum atomic E-state index is 9.04. The first-order valence-electron chi connectivity index (χ1n) is 4.67. The van der Waals surface area contributed by atoms with Gasteiger partial charge in [-0.3, -0.25) is 5.32 Å². The predicted octanol–water partition coefficient (Wildman–Crippen LogP) is 2.33. The molecule has 0 aliphatic heterocycles. The summed E-state index contributed by atoms with van der Waals surface area (Å²) in [6, 6.07) is 2.27. The van der Waals surface area contributed by atoms with Crippen LogP contribution in [-0.2, 0) is 0 Å². The molecular weight excluding hydrogens is 198 g/mol. The van der Waals surface area contributed by atoms with Crippen LogP contribution in [0.4, 0.5) is 0 Å². The predicted molar refractivity (Wildman–Crippen MR) is 64.4 cm³/mol. The Morgan fingerprint density at radius 3 is 2.08 bits per heavy atom. The van der Waals surface area contributed by atoms with Crippen molar-refractivity contribution in [3.63, 3.8) is 0 Å². The molecule has 0 bridgehead atoms. The Kier molecular flexibility index (Phi) is 6.06. The molecule has 3 atom stereocenters. The zero-order chi connectivity index (χ0) is 10.5. The van der Waals surface area contributed by atoms with Crippen LogP contribution >= 0.6 is 18.5 Å². The summed E-state index contributed by atoms with van der Waals surface area (Å²) in [4.78, 5) is 0. The SMILES string of the molecule is CCC(C)(CC)[C@H](C#N)NC(P)P. The van der Waals surface area contributed by atoms with Crippen molar-refractivity contribution >= 4 is 18.5 Å². The van der Waals surface area contributed by atoms with Gasteiger partial charge in [0.1, 0.15) is 6.04 Å². The van der Waals surface area contributed by atoms with Crippen molar-refractivity contribution in [2.24, 2.45) is 5.41 Å². The fraction of sp³-hybridized carbons (Fsp3) is 0.889. The van der Waals surface area contributed by atoms with Crippen molar-refractivity contribution in [1.29, 1.82) is 5.26 Å². The Labute approximate surface area is 86.3 Å². The maximum absolute atomic E-state index is 9.04. The molecule has 0 amide bonds. The van der Waals surface area contributed by atoms with Gasteiger partial charge in [0.15, 0.2) is 0 Å². The smallest absolute Gasteiger partial charge is 0.101 e. The summed E-state index contributed by atoms with van der Waals surface area (Å²) in [6.07, 6.45) is 2.05. The topological polar surface area (TPSA) is 35.8 Å². The number of nitrogens with zero attached hydrogens (tertiary/aromatic N) is 1. The van der Waals surface area contributed by atoms with Gasteiger partial charge in [-0.1, -0.05) is 20.8 Å². The van der Waals surface area contributed by atoms with Gasteiger partial charge < -0.3 is 0 Å². The van der Waals surface area contributed by atoms with Crippen LogP contribution in [0.25, 0.3) is 0 Å². The first kappa shape index (κ1) is 13.3. The van der Waals surface area contributed by atoms with Crippen LogP contribution in [0.2, 0.25) is 0 Å². The maximum Gasteiger partial charge on any atom is 0.101 e. The van der Waals surface area contributed by atoms with Crippen LogP contribution in [0.1, 0.15) is 33.6 Å². The Bertz CT molecular complexity index is 183. The fourth-order valence-corrected chi connectivity index (χ4v) is 1.63. The Morgan fingerprint density at radius 1 is 1.38 bits per heavy atom. The molecule has 2 unspecified atom stereocenters. The van der Waals surface area contributed by atoms with Crippen molar-refractivity contribution in [1.82, 2.24) is 5.32 Å². The van der Waals surface area contributed by atoms with Crippen molar-refractivity contribution in [2.75, 3.05) is 0 Å². The summed E-state index contributed by atoms with van der Waals surface area (Å²) >= 11 is 0. The normalized spacial score (nSPS) is 14.2. The molecule has 13 heavy (non-hydrogen) atoms. The fourth-order valence-electron chi connectivity index (χ4n) is 1.24. The van der Waals surface area contributed by atoms with Crippen molar-refractivity contribution in [3.05, 3.63) is 0 Å². The van der Waals surface area contributed by atoms with E-state index in [-0.39, 0.29) is 17.0 Å². The number of nitrogens with one attached hydrogen (secondary N) is 1. The molecule has 0 aromatic carbocycles. The molecule has 0 aromatic heterocycles. The lowest BCUT2D eigenvalue weighted by Gasteiger charge is -2.33. The highest BCUT2D eigenvalue weighted by Gasteiger charge is 2.31. The van der Waals surface area contributed by atoms with Gasteiger partial charge in [0.25, 0.3) is 0 Å². The van der Waals surface area contributed by atoms with E-state index in [4.69, 9.17) is 5.26 Å². The molecule has 76 valence electrons. The number of hydrogen-bond acceptors (Lipinski definition) is 2. The first-order chi connectivity index (χ1) is 6.00. The van der Waals surface area contributed by atoms with Crippen LogP contribution in [0.3, 0.4) is 0 Å². The summed E-state index contributed by atoms with van der Waals surface area (Å²) in [5, 5.41) is 12.3. The summed E-state index contributed by atoms with van der Waals surface area (Å²) in [6.45, 7) is 6.43. The Balaban J connectivity index is 4.46. The van der Waals surface area contributed by atoms with Crippen LogP contribution in [0, 0.1) is 16.7 Å². The molecule has 2 nitrogen and oxygen atoms in total. The summed E-state index contributed by atoms with van der Waals surface area (Å²) in [5.74, 6) is 0. The van der Waals surface area contributed by atoms with Crippen LogP contribution < -0.4 is 5.32 Å². The van der Waals surface area contributed by atoms with E-state index in [2.05, 4.69) is 50.6 Å². The zero-order valence-corrected chi connectivity index (χ0v) is 11.0. The van der Waals surface area contributed by atoms with Crippen LogP contribution in [0.15, 0.2) is 0 Å². The quantitative estimate of drug-likeness (QED) is 0.719. The van der Waals surface area contributed by atoms with E-state index in [1.54, 1.807) is 0 Å². The van der Waals surface area contributed by atoms with E-state index in [1.807, 2.05) is 0 Å². The van der Waals surface area contributed by atoms with Crippen LogP contribution in [-0.4, -0.2) is 11.6 Å². The zero-order valence-electron chi connectivity index (χ0n) is 8.67. The van der Waals surface area contributed by atoms with Gasteiger partial charge in [0.05, 0.1) is 6.07 Å². The molecule has 0 saturated carbocycles. The van der Waals surface area contributed by atoms with Gasteiger partial charge in [-0.2, -0.15) is 5.26 Å². The van der Waals surface area contributed by atoms with Gasteiger partial charge in [-0.25, -0.2) is 0 Å². The van der Waals surface area contributed by atoms with E-state index in [1.165, 1.54) is 0 Å². The molecule has 0 spiro atoms. The molecule has 0 aliphatic rings. The second kappa shape index (κ2) is 5.92. The Morgan fingerprint density at radius 2 is 1.85 bits per heavy atom. The van der Waals surface area contributed by atoms with Gasteiger partial charge in [-0.15, -0.1) is 18.5 Å². The molecule has 0 aliphatic carbocycles. The average molecular weight is 218 g/mol. The number of hydrogen-bond donors (Lipinski definition) is 1. The van der Waals surface area contributed by atoms with Crippen LogP contribution in [0.5, 0.6) is 0 Å². The minimum atomic E-state index is -0.0671. The minimum Gasteiger partial charge on any atom is -0.292 e. The van der Waals surface area contributed by atoms with E-state index in [9.17, 15) is 0 Å². The molecule has 0 heterocycles. The highest BCUT2D eigenvalue weighted by atomic mass is 31.1. The molecule has 1 N–H and O–H groups in total. The largest absolute Gasteiger partial charge is 0.292 e. The van der Waals surface area contributed by atoms with E-state index in [0.717, 1.165) is 12.8 Å². The molecule has 0 aromatic rings. The highest BCUT2D eigenvalue weighted by Crippen LogP contribution is 2.30.